The molecule has 1 amide bonds. The van der Waals surface area contributed by atoms with Gasteiger partial charge in [0.05, 0.1) is 7.11 Å². The summed E-state index contributed by atoms with van der Waals surface area (Å²) in [5.74, 6) is 0.691. The number of hydrogen-bond acceptors (Lipinski definition) is 6. The molecule has 0 atom stereocenters. The third-order valence-electron chi connectivity index (χ3n) is 5.70. The van der Waals surface area contributed by atoms with Crippen molar-refractivity contribution >= 4 is 24.4 Å². The van der Waals surface area contributed by atoms with Crippen molar-refractivity contribution in [1.82, 2.24) is 4.98 Å². The number of anilines is 1. The van der Waals surface area contributed by atoms with E-state index >= 15 is 0 Å². The average Bonchev–Trinajstić information content (AvgIpc) is 3.32. The Labute approximate surface area is 213 Å². The van der Waals surface area contributed by atoms with Gasteiger partial charge in [0.2, 0.25) is 11.8 Å². The van der Waals surface area contributed by atoms with Gasteiger partial charge in [0, 0.05) is 33.2 Å². The summed E-state index contributed by atoms with van der Waals surface area (Å²) in [4.78, 5) is 18.9. The third kappa shape index (κ3) is 4.56. The van der Waals surface area contributed by atoms with Crippen LogP contribution in [0.15, 0.2) is 106 Å². The van der Waals surface area contributed by atoms with Crippen LogP contribution < -0.4 is 10.1 Å². The van der Waals surface area contributed by atoms with Gasteiger partial charge in [0.15, 0.2) is 0 Å². The van der Waals surface area contributed by atoms with Crippen LogP contribution in [0.25, 0.3) is 33.8 Å². The van der Waals surface area contributed by atoms with Crippen molar-refractivity contribution in [1.29, 1.82) is 0 Å². The quantitative estimate of drug-likeness (QED) is 0.223. The van der Waals surface area contributed by atoms with Crippen molar-refractivity contribution in [2.75, 3.05) is 12.4 Å². The van der Waals surface area contributed by atoms with Crippen molar-refractivity contribution in [2.45, 2.75) is 4.90 Å². The zero-order valence-corrected chi connectivity index (χ0v) is 20.2. The Balaban J connectivity index is 1.56. The molecule has 5 rings (SSSR count). The Morgan fingerprint density at radius 1 is 0.889 bits per heavy atom. The van der Waals surface area contributed by atoms with Crippen LogP contribution in [0.5, 0.6) is 11.5 Å². The highest BCUT2D eigenvalue weighted by molar-refractivity contribution is 7.80. The van der Waals surface area contributed by atoms with Crippen LogP contribution in [0.1, 0.15) is 10.4 Å². The van der Waals surface area contributed by atoms with Gasteiger partial charge in [-0.2, -0.15) is 0 Å². The number of ether oxygens (including phenoxy) is 1. The maximum Gasteiger partial charge on any atom is 0.258 e. The number of nitrogens with one attached hydrogen (secondary N) is 1. The maximum atomic E-state index is 13.5. The van der Waals surface area contributed by atoms with Gasteiger partial charge in [-0.05, 0) is 42.0 Å². The molecular formula is C29H22N2O4S. The molecule has 1 aromatic heterocycles. The highest BCUT2D eigenvalue weighted by atomic mass is 32.1. The molecule has 0 bridgehead atoms. The van der Waals surface area contributed by atoms with E-state index < -0.39 is 5.91 Å². The van der Waals surface area contributed by atoms with Crippen molar-refractivity contribution < 1.29 is 19.1 Å². The minimum Gasteiger partial charge on any atom is -0.507 e. The first-order chi connectivity index (χ1) is 17.5. The zero-order valence-electron chi connectivity index (χ0n) is 19.3. The van der Waals surface area contributed by atoms with E-state index in [4.69, 9.17) is 9.15 Å². The molecule has 0 radical (unpaired) electrons. The van der Waals surface area contributed by atoms with E-state index in [1.54, 1.807) is 36.4 Å². The van der Waals surface area contributed by atoms with Gasteiger partial charge in [-0.1, -0.05) is 54.6 Å². The lowest BCUT2D eigenvalue weighted by atomic mass is 9.98. The third-order valence-corrected chi connectivity index (χ3v) is 6.09. The molecule has 0 aliphatic carbocycles. The molecule has 0 fully saturated rings. The number of aromatic hydroxyl groups is 1. The van der Waals surface area contributed by atoms with Crippen molar-refractivity contribution in [2.24, 2.45) is 0 Å². The summed E-state index contributed by atoms with van der Waals surface area (Å²) in [7, 11) is 1.53. The van der Waals surface area contributed by atoms with Gasteiger partial charge in [0.1, 0.15) is 17.2 Å². The first kappa shape index (κ1) is 23.3. The summed E-state index contributed by atoms with van der Waals surface area (Å²) in [5, 5.41) is 13.5. The first-order valence-corrected chi connectivity index (χ1v) is 11.6. The topological polar surface area (TPSA) is 84.6 Å². The number of methoxy groups -OCH3 is 1. The Morgan fingerprint density at radius 2 is 1.58 bits per heavy atom. The number of nitrogens with zero attached hydrogens (tertiary/aromatic N) is 1. The number of thiol groups is 1. The molecular weight excluding hydrogens is 472 g/mol. The summed E-state index contributed by atoms with van der Waals surface area (Å²) in [6.45, 7) is 0. The van der Waals surface area contributed by atoms with Crippen LogP contribution in [0.4, 0.5) is 5.88 Å². The van der Waals surface area contributed by atoms with Crippen LogP contribution in [-0.4, -0.2) is 23.1 Å². The van der Waals surface area contributed by atoms with Crippen LogP contribution in [0.2, 0.25) is 0 Å². The van der Waals surface area contributed by atoms with E-state index in [1.165, 1.54) is 13.2 Å². The lowest BCUT2D eigenvalue weighted by Gasteiger charge is -2.12. The normalized spacial score (nSPS) is 10.7. The molecule has 0 aliphatic rings. The SMILES string of the molecule is COc1ccc(-c2ccccc2C(=O)Nc2oc(-c3ccccc3)nc2-c2ccccc2S)c(O)c1. The second-order valence-electron chi connectivity index (χ2n) is 7.96. The minimum absolute atomic E-state index is 0.00493. The minimum atomic E-state index is -0.408. The van der Waals surface area contributed by atoms with E-state index in [2.05, 4.69) is 22.9 Å². The Bertz CT molecular complexity index is 1550. The highest BCUT2D eigenvalue weighted by Gasteiger charge is 2.22. The molecule has 1 heterocycles. The molecule has 178 valence electrons. The van der Waals surface area contributed by atoms with Gasteiger partial charge in [-0.15, -0.1) is 12.6 Å². The van der Waals surface area contributed by atoms with Crippen LogP contribution in [-0.2, 0) is 0 Å². The fraction of sp³-hybridized carbons (Fsp3) is 0.0345. The monoisotopic (exact) mass is 494 g/mol. The van der Waals surface area contributed by atoms with E-state index in [9.17, 15) is 9.90 Å². The second-order valence-corrected chi connectivity index (χ2v) is 8.44. The van der Waals surface area contributed by atoms with E-state index in [1.807, 2.05) is 54.6 Å². The van der Waals surface area contributed by atoms with Crippen LogP contribution in [0, 0.1) is 0 Å². The number of rotatable bonds is 6. The number of amides is 1. The maximum absolute atomic E-state index is 13.5. The molecule has 0 aliphatic heterocycles. The van der Waals surface area contributed by atoms with Crippen molar-refractivity contribution in [3.05, 3.63) is 103 Å². The highest BCUT2D eigenvalue weighted by Crippen LogP contribution is 2.38. The fourth-order valence-corrected chi connectivity index (χ4v) is 4.18. The summed E-state index contributed by atoms with van der Waals surface area (Å²) in [6, 6.07) is 28.9. The van der Waals surface area contributed by atoms with Crippen molar-refractivity contribution in [3.63, 3.8) is 0 Å². The predicted molar refractivity (Wildman–Crippen MR) is 143 cm³/mol. The Hall–Kier alpha value is -4.49. The van der Waals surface area contributed by atoms with Crippen LogP contribution in [0.3, 0.4) is 0 Å². The first-order valence-electron chi connectivity index (χ1n) is 11.2. The largest absolute Gasteiger partial charge is 0.507 e. The zero-order chi connectivity index (χ0) is 25.1. The molecule has 0 saturated heterocycles. The second kappa shape index (κ2) is 10.0. The fourth-order valence-electron chi connectivity index (χ4n) is 3.92. The summed E-state index contributed by atoms with van der Waals surface area (Å²) in [6.07, 6.45) is 0. The van der Waals surface area contributed by atoms with Gasteiger partial charge < -0.3 is 14.3 Å². The van der Waals surface area contributed by atoms with Gasteiger partial charge in [-0.25, -0.2) is 4.98 Å². The average molecular weight is 495 g/mol. The molecule has 6 nitrogen and oxygen atoms in total. The van der Waals surface area contributed by atoms with Gasteiger partial charge in [0.25, 0.3) is 5.91 Å². The summed E-state index contributed by atoms with van der Waals surface area (Å²) in [5.41, 5.74) is 3.40. The smallest absolute Gasteiger partial charge is 0.258 e. The molecule has 7 heteroatoms. The number of carbonyl (C=O) groups excluding carboxylic acids is 1. The van der Waals surface area contributed by atoms with E-state index in [-0.39, 0.29) is 11.6 Å². The molecule has 4 aromatic carbocycles. The molecule has 36 heavy (non-hydrogen) atoms. The number of benzene rings is 4. The van der Waals surface area contributed by atoms with Gasteiger partial charge in [-0.3, -0.25) is 10.1 Å². The summed E-state index contributed by atoms with van der Waals surface area (Å²) >= 11 is 4.57. The number of phenols is 1. The van der Waals surface area contributed by atoms with E-state index in [0.717, 1.165) is 11.1 Å². The van der Waals surface area contributed by atoms with E-state index in [0.29, 0.717) is 38.9 Å². The Morgan fingerprint density at radius 3 is 2.31 bits per heavy atom. The standard InChI is InChI=1S/C29H22N2O4S/c1-34-19-15-16-21(24(32)17-19)20-11-5-6-12-22(20)27(33)31-29-26(23-13-7-8-14-25(23)36)30-28(35-29)18-9-3-2-4-10-18/h2-17,32,36H,1H3,(H,31,33). The molecule has 5 aromatic rings. The number of hydrogen-bond donors (Lipinski definition) is 3. The predicted octanol–water partition coefficient (Wildman–Crippen LogP) is 6.93. The van der Waals surface area contributed by atoms with Gasteiger partial charge >= 0.3 is 0 Å². The summed E-state index contributed by atoms with van der Waals surface area (Å²) < 4.78 is 11.2. The molecule has 0 unspecified atom stereocenters. The lowest BCUT2D eigenvalue weighted by Crippen LogP contribution is -2.13. The lowest BCUT2D eigenvalue weighted by molar-refractivity contribution is 0.102. The molecule has 2 N–H and O–H groups in total. The number of aromatic nitrogens is 1. The Kier molecular flexibility index (Phi) is 6.47. The number of oxazole rings is 1. The van der Waals surface area contributed by atoms with Crippen LogP contribution >= 0.6 is 12.6 Å². The number of phenolic OH excluding ortho intramolecular Hbond substituents is 1. The molecule has 0 saturated carbocycles. The van der Waals surface area contributed by atoms with Crippen molar-refractivity contribution in [3.8, 4) is 45.3 Å². The number of carbonyl (C=O) groups is 1. The molecule has 0 spiro atoms.